The lowest BCUT2D eigenvalue weighted by atomic mass is 10.1. The average Bonchev–Trinajstić information content (AvgIpc) is 2.48. The number of hydrogen-bond donors (Lipinski definition) is 0. The zero-order valence-electron chi connectivity index (χ0n) is 11.1. The third-order valence-corrected chi connectivity index (χ3v) is 4.26. The van der Waals surface area contributed by atoms with Crippen molar-refractivity contribution < 1.29 is 13.9 Å². The molecular formula is C15H13NO4S. The first kappa shape index (κ1) is 15.1. The molecule has 0 bridgehead atoms. The molecule has 21 heavy (non-hydrogen) atoms. The molecule has 0 N–H and O–H groups in total. The van der Waals surface area contributed by atoms with Gasteiger partial charge in [-0.3, -0.25) is 19.1 Å². The predicted molar refractivity (Wildman–Crippen MR) is 79.5 cm³/mol. The molecule has 0 aliphatic heterocycles. The predicted octanol–water partition coefficient (Wildman–Crippen LogP) is 2.51. The van der Waals surface area contributed by atoms with Crippen LogP contribution in [-0.4, -0.2) is 20.7 Å². The largest absolute Gasteiger partial charge is 0.298 e. The van der Waals surface area contributed by atoms with Crippen molar-refractivity contribution in [3.63, 3.8) is 0 Å². The molecule has 2 aromatic rings. The number of carbonyl (C=O) groups excluding carboxylic acids is 1. The van der Waals surface area contributed by atoms with E-state index in [1.807, 2.05) is 30.3 Å². The Morgan fingerprint density at radius 3 is 2.33 bits per heavy atom. The highest BCUT2D eigenvalue weighted by Gasteiger charge is 2.20. The van der Waals surface area contributed by atoms with Gasteiger partial charge in [-0.25, -0.2) is 0 Å². The summed E-state index contributed by atoms with van der Waals surface area (Å²) in [4.78, 5) is 22.3. The van der Waals surface area contributed by atoms with Crippen LogP contribution >= 0.6 is 0 Å². The van der Waals surface area contributed by atoms with E-state index >= 15 is 0 Å². The van der Waals surface area contributed by atoms with Crippen molar-refractivity contribution in [2.75, 3.05) is 5.75 Å². The molecule has 5 nitrogen and oxygen atoms in total. The fraction of sp³-hybridized carbons (Fsp3) is 0.133. The van der Waals surface area contributed by atoms with Crippen molar-refractivity contribution in [1.29, 1.82) is 0 Å². The molecular weight excluding hydrogens is 290 g/mol. The lowest BCUT2D eigenvalue weighted by Crippen LogP contribution is -2.14. The molecule has 0 amide bonds. The number of hydrogen-bond acceptors (Lipinski definition) is 4. The summed E-state index contributed by atoms with van der Waals surface area (Å²) in [5.41, 5.74) is 0.616. The summed E-state index contributed by atoms with van der Waals surface area (Å²) in [6.07, 6.45) is 0.174. The van der Waals surface area contributed by atoms with Gasteiger partial charge in [0.1, 0.15) is 10.7 Å². The molecule has 0 aliphatic carbocycles. The standard InChI is InChI=1S/C15H13NO4S/c17-13(10-12-6-2-1-3-7-12)11-21(20)15-9-5-4-8-14(15)16(18)19/h1-9H,10-11H2. The summed E-state index contributed by atoms with van der Waals surface area (Å²) < 4.78 is 12.2. The van der Waals surface area contributed by atoms with Crippen LogP contribution < -0.4 is 0 Å². The Kier molecular flexibility index (Phi) is 4.94. The van der Waals surface area contributed by atoms with Crippen molar-refractivity contribution in [2.45, 2.75) is 11.3 Å². The van der Waals surface area contributed by atoms with Crippen LogP contribution in [0.2, 0.25) is 0 Å². The van der Waals surface area contributed by atoms with Gasteiger partial charge < -0.3 is 0 Å². The maximum absolute atomic E-state index is 12.2. The third-order valence-electron chi connectivity index (χ3n) is 2.84. The SMILES string of the molecule is O=C(Cc1ccccc1)CS(=O)c1ccccc1[N+](=O)[O-]. The number of nitrogens with zero attached hydrogens (tertiary/aromatic N) is 1. The number of para-hydroxylation sites is 1. The van der Waals surface area contributed by atoms with E-state index in [9.17, 15) is 19.1 Å². The summed E-state index contributed by atoms with van der Waals surface area (Å²) >= 11 is 0. The van der Waals surface area contributed by atoms with Crippen LogP contribution in [0.4, 0.5) is 5.69 Å². The summed E-state index contributed by atoms with van der Waals surface area (Å²) in [7, 11) is -1.71. The first-order chi connectivity index (χ1) is 10.1. The van der Waals surface area contributed by atoms with Crippen LogP contribution in [0, 0.1) is 10.1 Å². The van der Waals surface area contributed by atoms with Crippen molar-refractivity contribution in [2.24, 2.45) is 0 Å². The van der Waals surface area contributed by atoms with Gasteiger partial charge in [0.15, 0.2) is 0 Å². The first-order valence-corrected chi connectivity index (χ1v) is 7.57. The van der Waals surface area contributed by atoms with Crippen LogP contribution in [0.15, 0.2) is 59.5 Å². The minimum atomic E-state index is -1.71. The van der Waals surface area contributed by atoms with Gasteiger partial charge >= 0.3 is 0 Å². The molecule has 0 radical (unpaired) electrons. The molecule has 0 aromatic heterocycles. The fourth-order valence-corrected chi connectivity index (χ4v) is 3.06. The number of Topliss-reactive ketones (excluding diaryl/α,β-unsaturated/α-hetero) is 1. The van der Waals surface area contributed by atoms with Crippen molar-refractivity contribution >= 4 is 22.3 Å². The highest BCUT2D eigenvalue weighted by molar-refractivity contribution is 7.86. The number of carbonyl (C=O) groups is 1. The Balaban J connectivity index is 2.08. The topological polar surface area (TPSA) is 77.3 Å². The van der Waals surface area contributed by atoms with Gasteiger partial charge in [0, 0.05) is 12.5 Å². The monoisotopic (exact) mass is 303 g/mol. The first-order valence-electron chi connectivity index (χ1n) is 6.25. The highest BCUT2D eigenvalue weighted by Crippen LogP contribution is 2.21. The molecule has 0 fully saturated rings. The maximum Gasteiger partial charge on any atom is 0.285 e. The van der Waals surface area contributed by atoms with Crippen LogP contribution in [0.1, 0.15) is 5.56 Å². The Morgan fingerprint density at radius 1 is 1.05 bits per heavy atom. The lowest BCUT2D eigenvalue weighted by molar-refractivity contribution is -0.387. The van der Waals surface area contributed by atoms with E-state index in [-0.39, 0.29) is 28.5 Å². The van der Waals surface area contributed by atoms with E-state index in [4.69, 9.17) is 0 Å². The van der Waals surface area contributed by atoms with Crippen molar-refractivity contribution in [3.8, 4) is 0 Å². The molecule has 2 rings (SSSR count). The summed E-state index contributed by atoms with van der Waals surface area (Å²) in [6, 6.07) is 14.9. The smallest absolute Gasteiger partial charge is 0.285 e. The second-order valence-corrected chi connectivity index (χ2v) is 5.84. The van der Waals surface area contributed by atoms with E-state index in [1.165, 1.54) is 18.2 Å². The van der Waals surface area contributed by atoms with Crippen molar-refractivity contribution in [3.05, 3.63) is 70.3 Å². The number of nitro groups is 1. The Labute approximate surface area is 124 Å². The third kappa shape index (κ3) is 4.06. The van der Waals surface area contributed by atoms with Gasteiger partial charge in [0.05, 0.1) is 21.5 Å². The highest BCUT2D eigenvalue weighted by atomic mass is 32.2. The van der Waals surface area contributed by atoms with Gasteiger partial charge in [-0.15, -0.1) is 0 Å². The molecule has 0 spiro atoms. The van der Waals surface area contributed by atoms with E-state index < -0.39 is 15.7 Å². The van der Waals surface area contributed by atoms with E-state index in [0.717, 1.165) is 5.56 Å². The normalized spacial score (nSPS) is 11.8. The molecule has 0 aliphatic rings. The number of ketones is 1. The number of nitro benzene ring substituents is 1. The quantitative estimate of drug-likeness (QED) is 0.607. The number of rotatable bonds is 6. The second-order valence-electron chi connectivity index (χ2n) is 4.42. The van der Waals surface area contributed by atoms with Gasteiger partial charge in [0.25, 0.3) is 5.69 Å². The van der Waals surface area contributed by atoms with Gasteiger partial charge in [-0.2, -0.15) is 0 Å². The van der Waals surface area contributed by atoms with Crippen LogP contribution in [0.5, 0.6) is 0 Å². The van der Waals surface area contributed by atoms with E-state index in [0.29, 0.717) is 0 Å². The molecule has 0 saturated heterocycles. The molecule has 6 heteroatoms. The van der Waals surface area contributed by atoms with Gasteiger partial charge in [0.2, 0.25) is 0 Å². The molecule has 0 saturated carbocycles. The summed E-state index contributed by atoms with van der Waals surface area (Å²) in [5, 5.41) is 10.9. The van der Waals surface area contributed by atoms with Gasteiger partial charge in [-0.1, -0.05) is 42.5 Å². The van der Waals surface area contributed by atoms with Crippen molar-refractivity contribution in [1.82, 2.24) is 0 Å². The van der Waals surface area contributed by atoms with Crippen LogP contribution in [0.25, 0.3) is 0 Å². The zero-order valence-corrected chi connectivity index (χ0v) is 11.9. The van der Waals surface area contributed by atoms with Crippen LogP contribution in [0.3, 0.4) is 0 Å². The molecule has 0 heterocycles. The minimum absolute atomic E-state index is 0.0870. The minimum Gasteiger partial charge on any atom is -0.298 e. The zero-order chi connectivity index (χ0) is 15.2. The Bertz CT molecular complexity index is 685. The average molecular weight is 303 g/mol. The maximum atomic E-state index is 12.2. The Morgan fingerprint density at radius 2 is 1.67 bits per heavy atom. The Hall–Kier alpha value is -2.34. The molecule has 1 unspecified atom stereocenters. The molecule has 1 atom stereocenters. The number of benzene rings is 2. The van der Waals surface area contributed by atoms with E-state index in [2.05, 4.69) is 0 Å². The summed E-state index contributed by atoms with van der Waals surface area (Å²) in [5.74, 6) is -0.433. The lowest BCUT2D eigenvalue weighted by Gasteiger charge is -2.03. The summed E-state index contributed by atoms with van der Waals surface area (Å²) in [6.45, 7) is 0. The van der Waals surface area contributed by atoms with Crippen LogP contribution in [-0.2, 0) is 22.0 Å². The van der Waals surface area contributed by atoms with Gasteiger partial charge in [-0.05, 0) is 11.6 Å². The molecule has 2 aromatic carbocycles. The fourth-order valence-electron chi connectivity index (χ4n) is 1.90. The molecule has 108 valence electrons. The van der Waals surface area contributed by atoms with E-state index in [1.54, 1.807) is 6.07 Å². The second kappa shape index (κ2) is 6.90.